The van der Waals surface area contributed by atoms with E-state index in [1.54, 1.807) is 11.8 Å². The van der Waals surface area contributed by atoms with Crippen LogP contribution in [0.2, 0.25) is 0 Å². The van der Waals surface area contributed by atoms with Gasteiger partial charge >= 0.3 is 0 Å². The first kappa shape index (κ1) is 21.0. The number of hydrogen-bond acceptors (Lipinski definition) is 5. The van der Waals surface area contributed by atoms with Gasteiger partial charge in [0.05, 0.1) is 10.9 Å². The van der Waals surface area contributed by atoms with Gasteiger partial charge in [0.2, 0.25) is 0 Å². The average Bonchev–Trinajstić information content (AvgIpc) is 2.78. The summed E-state index contributed by atoms with van der Waals surface area (Å²) in [5, 5.41) is 0.644. The third-order valence-corrected chi connectivity index (χ3v) is 6.99. The van der Waals surface area contributed by atoms with Gasteiger partial charge in [0.25, 0.3) is 5.56 Å². The molecule has 4 rings (SSSR count). The molecule has 0 spiro atoms. The van der Waals surface area contributed by atoms with Gasteiger partial charge in [-0.25, -0.2) is 4.98 Å². The van der Waals surface area contributed by atoms with Crippen LogP contribution in [0, 0.1) is 0 Å². The lowest BCUT2D eigenvalue weighted by molar-refractivity contribution is 0.179. The van der Waals surface area contributed by atoms with Gasteiger partial charge < -0.3 is 9.88 Å². The first-order chi connectivity index (χ1) is 14.6. The van der Waals surface area contributed by atoms with Crippen LogP contribution in [0.5, 0.6) is 0 Å². The number of aromatic nitrogens is 2. The van der Waals surface area contributed by atoms with Gasteiger partial charge in [-0.15, -0.1) is 0 Å². The molecule has 0 radical (unpaired) electrons. The molecule has 0 saturated carbocycles. The molecule has 0 aliphatic carbocycles. The second-order valence-electron chi connectivity index (χ2n) is 7.52. The van der Waals surface area contributed by atoms with E-state index in [9.17, 15) is 4.79 Å². The normalized spacial score (nSPS) is 14.9. The number of piperazine rings is 1. The summed E-state index contributed by atoms with van der Waals surface area (Å²) in [6.07, 6.45) is 0.718. The molecule has 3 aromatic rings. The SMILES string of the molecule is CCc1nc2ccc(CSC(=S)N3CCN(Cc4ccccc4)CC3)cc2c(=O)[nH]1. The number of nitrogens with one attached hydrogen (secondary N) is 1. The van der Waals surface area contributed by atoms with Gasteiger partial charge in [-0.05, 0) is 23.3 Å². The second-order valence-corrected chi connectivity index (χ2v) is 9.13. The quantitative estimate of drug-likeness (QED) is 0.611. The predicted octanol–water partition coefficient (Wildman–Crippen LogP) is 3.82. The Morgan fingerprint density at radius 1 is 1.10 bits per heavy atom. The highest BCUT2D eigenvalue weighted by Gasteiger charge is 2.19. The fourth-order valence-electron chi connectivity index (χ4n) is 3.66. The Bertz CT molecular complexity index is 1080. The van der Waals surface area contributed by atoms with Crippen LogP contribution < -0.4 is 5.56 Å². The van der Waals surface area contributed by atoms with Crippen molar-refractivity contribution < 1.29 is 0 Å². The number of nitrogens with zero attached hydrogens (tertiary/aromatic N) is 3. The van der Waals surface area contributed by atoms with Crippen molar-refractivity contribution in [3.63, 3.8) is 0 Å². The number of thiocarbonyl (C=S) groups is 1. The Morgan fingerprint density at radius 2 is 1.87 bits per heavy atom. The summed E-state index contributed by atoms with van der Waals surface area (Å²) in [5.41, 5.74) is 3.13. The highest BCUT2D eigenvalue weighted by atomic mass is 32.2. The molecule has 0 bridgehead atoms. The van der Waals surface area contributed by atoms with Crippen LogP contribution >= 0.6 is 24.0 Å². The molecule has 1 N–H and O–H groups in total. The third-order valence-electron chi connectivity index (χ3n) is 5.40. The minimum Gasteiger partial charge on any atom is -0.355 e. The molecule has 0 amide bonds. The molecular formula is C23H26N4OS2. The van der Waals surface area contributed by atoms with Crippen LogP contribution in [0.1, 0.15) is 23.9 Å². The minimum atomic E-state index is -0.0687. The lowest BCUT2D eigenvalue weighted by Crippen LogP contribution is -2.47. The smallest absolute Gasteiger partial charge is 0.258 e. The van der Waals surface area contributed by atoms with Crippen molar-refractivity contribution in [2.24, 2.45) is 0 Å². The molecule has 2 heterocycles. The summed E-state index contributed by atoms with van der Waals surface area (Å²) in [5.74, 6) is 1.48. The number of thioether (sulfide) groups is 1. The van der Waals surface area contributed by atoms with Gasteiger partial charge in [0.15, 0.2) is 0 Å². The second kappa shape index (κ2) is 9.73. The zero-order valence-electron chi connectivity index (χ0n) is 17.1. The number of aromatic amines is 1. The molecule has 2 aromatic carbocycles. The predicted molar refractivity (Wildman–Crippen MR) is 129 cm³/mol. The molecule has 0 atom stereocenters. The van der Waals surface area contributed by atoms with E-state index in [4.69, 9.17) is 12.2 Å². The highest BCUT2D eigenvalue weighted by molar-refractivity contribution is 8.22. The van der Waals surface area contributed by atoms with Crippen LogP contribution in [0.25, 0.3) is 10.9 Å². The Hall–Kier alpha value is -2.22. The molecule has 1 saturated heterocycles. The van der Waals surface area contributed by atoms with E-state index in [0.29, 0.717) is 5.39 Å². The molecule has 156 valence electrons. The molecular weight excluding hydrogens is 412 g/mol. The molecule has 7 heteroatoms. The van der Waals surface area contributed by atoms with Gasteiger partial charge in [-0.1, -0.05) is 67.3 Å². The van der Waals surface area contributed by atoms with Crippen molar-refractivity contribution in [2.45, 2.75) is 25.6 Å². The van der Waals surface area contributed by atoms with E-state index in [1.807, 2.05) is 25.1 Å². The molecule has 1 aromatic heterocycles. The standard InChI is InChI=1S/C23H26N4OS2/c1-2-21-24-20-9-8-18(14-19(20)22(28)25-21)16-30-23(29)27-12-10-26(11-13-27)15-17-6-4-3-5-7-17/h3-9,14H,2,10-13,15-16H2,1H3,(H,24,25,28). The lowest BCUT2D eigenvalue weighted by atomic mass is 10.1. The largest absolute Gasteiger partial charge is 0.355 e. The van der Waals surface area contributed by atoms with Crippen LogP contribution in [-0.4, -0.2) is 50.3 Å². The van der Waals surface area contributed by atoms with Gasteiger partial charge in [-0.2, -0.15) is 0 Å². The van der Waals surface area contributed by atoms with Gasteiger partial charge in [0.1, 0.15) is 10.1 Å². The van der Waals surface area contributed by atoms with Crippen molar-refractivity contribution in [1.82, 2.24) is 19.8 Å². The van der Waals surface area contributed by atoms with Crippen LogP contribution in [0.4, 0.5) is 0 Å². The summed E-state index contributed by atoms with van der Waals surface area (Å²) in [6, 6.07) is 16.5. The maximum Gasteiger partial charge on any atom is 0.258 e. The van der Waals surface area contributed by atoms with Gasteiger partial charge in [0, 0.05) is 44.9 Å². The summed E-state index contributed by atoms with van der Waals surface area (Å²) in [6.45, 7) is 6.93. The molecule has 1 aliphatic heterocycles. The van der Waals surface area contributed by atoms with E-state index in [0.717, 1.165) is 66.1 Å². The van der Waals surface area contributed by atoms with E-state index >= 15 is 0 Å². The first-order valence-electron chi connectivity index (χ1n) is 10.3. The number of fused-ring (bicyclic) bond motifs is 1. The zero-order chi connectivity index (χ0) is 20.9. The topological polar surface area (TPSA) is 52.2 Å². The van der Waals surface area contributed by atoms with Crippen molar-refractivity contribution >= 4 is 39.2 Å². The Kier molecular flexibility index (Phi) is 6.82. The summed E-state index contributed by atoms with van der Waals surface area (Å²) < 4.78 is 0.933. The summed E-state index contributed by atoms with van der Waals surface area (Å²) in [7, 11) is 0. The fraction of sp³-hybridized carbons (Fsp3) is 0.348. The van der Waals surface area contributed by atoms with Crippen molar-refractivity contribution in [1.29, 1.82) is 0 Å². The van der Waals surface area contributed by atoms with Crippen LogP contribution in [0.3, 0.4) is 0 Å². The first-order valence-corrected chi connectivity index (χ1v) is 11.7. The van der Waals surface area contributed by atoms with Crippen molar-refractivity contribution in [3.8, 4) is 0 Å². The lowest BCUT2D eigenvalue weighted by Gasteiger charge is -2.35. The molecule has 0 unspecified atom stereocenters. The highest BCUT2D eigenvalue weighted by Crippen LogP contribution is 2.20. The maximum absolute atomic E-state index is 12.3. The van der Waals surface area contributed by atoms with Crippen LogP contribution in [0.15, 0.2) is 53.3 Å². The van der Waals surface area contributed by atoms with Crippen LogP contribution in [-0.2, 0) is 18.7 Å². The fourth-order valence-corrected chi connectivity index (χ4v) is 4.85. The summed E-state index contributed by atoms with van der Waals surface area (Å²) in [4.78, 5) is 24.4. The number of rotatable bonds is 5. The zero-order valence-corrected chi connectivity index (χ0v) is 18.8. The number of aryl methyl sites for hydroxylation is 1. The van der Waals surface area contributed by atoms with E-state index in [-0.39, 0.29) is 5.56 Å². The number of hydrogen-bond donors (Lipinski definition) is 1. The van der Waals surface area contributed by atoms with E-state index < -0.39 is 0 Å². The Balaban J connectivity index is 1.31. The monoisotopic (exact) mass is 438 g/mol. The molecule has 30 heavy (non-hydrogen) atoms. The van der Waals surface area contributed by atoms with Gasteiger partial charge in [-0.3, -0.25) is 9.69 Å². The maximum atomic E-state index is 12.3. The average molecular weight is 439 g/mol. The molecule has 1 fully saturated rings. The summed E-state index contributed by atoms with van der Waals surface area (Å²) >= 11 is 7.36. The van der Waals surface area contributed by atoms with Crippen molar-refractivity contribution in [2.75, 3.05) is 26.2 Å². The minimum absolute atomic E-state index is 0.0687. The van der Waals surface area contributed by atoms with E-state index in [1.165, 1.54) is 5.56 Å². The van der Waals surface area contributed by atoms with Crippen molar-refractivity contribution in [3.05, 3.63) is 75.8 Å². The Labute approximate surface area is 186 Å². The Morgan fingerprint density at radius 3 is 2.60 bits per heavy atom. The van der Waals surface area contributed by atoms with E-state index in [2.05, 4.69) is 50.1 Å². The number of benzene rings is 2. The molecule has 1 aliphatic rings. The third kappa shape index (κ3) is 5.09. The number of H-pyrrole nitrogens is 1. The molecule has 5 nitrogen and oxygen atoms in total.